The molecule has 3 heteroatoms. The van der Waals surface area contributed by atoms with Gasteiger partial charge in [-0.2, -0.15) is 0 Å². The summed E-state index contributed by atoms with van der Waals surface area (Å²) in [5.41, 5.74) is 9.98. The molecular weight excluding hydrogens is 583 g/mol. The van der Waals surface area contributed by atoms with Crippen LogP contribution in [0.3, 0.4) is 0 Å². The molecule has 0 aliphatic heterocycles. The van der Waals surface area contributed by atoms with E-state index in [1.54, 1.807) is 5.57 Å². The van der Waals surface area contributed by atoms with E-state index in [0.717, 1.165) is 43.5 Å². The van der Waals surface area contributed by atoms with Crippen molar-refractivity contribution in [3.8, 4) is 11.4 Å². The summed E-state index contributed by atoms with van der Waals surface area (Å²) in [6.07, 6.45) is 26.8. The summed E-state index contributed by atoms with van der Waals surface area (Å²) in [6.45, 7) is 0. The minimum atomic E-state index is 0.564. The molecule has 0 amide bonds. The van der Waals surface area contributed by atoms with Crippen LogP contribution in [0.25, 0.3) is 56.6 Å². The smallest absolute Gasteiger partial charge is 0.160 e. The Morgan fingerprint density at radius 3 is 2.15 bits per heavy atom. The van der Waals surface area contributed by atoms with Crippen LogP contribution < -0.4 is 31.4 Å². The lowest BCUT2D eigenvalue weighted by Crippen LogP contribution is -2.42. The minimum Gasteiger partial charge on any atom is -0.256 e. The molecule has 2 aromatic heterocycles. The van der Waals surface area contributed by atoms with Gasteiger partial charge in [0.25, 0.3) is 0 Å². The van der Waals surface area contributed by atoms with Crippen molar-refractivity contribution >= 4 is 45.2 Å². The lowest BCUT2D eigenvalue weighted by atomic mass is 9.69. The van der Waals surface area contributed by atoms with Crippen LogP contribution in [0, 0.1) is 11.8 Å². The number of rotatable bonds is 3. The van der Waals surface area contributed by atoms with Gasteiger partial charge in [0, 0.05) is 29.4 Å². The average molecular weight is 620 g/mol. The van der Waals surface area contributed by atoms with Crippen LogP contribution >= 0.6 is 0 Å². The molecule has 5 aliphatic carbocycles. The third-order valence-electron chi connectivity index (χ3n) is 11.5. The van der Waals surface area contributed by atoms with E-state index in [4.69, 9.17) is 15.0 Å². The first-order chi connectivity index (χ1) is 23.8. The second-order valence-electron chi connectivity index (χ2n) is 14.0. The predicted octanol–water partition coefficient (Wildman–Crippen LogP) is 5.51. The Labute approximate surface area is 280 Å². The fraction of sp³-hybridized carbons (Fsp3) is 0.222. The minimum absolute atomic E-state index is 0.564. The lowest BCUT2D eigenvalue weighted by molar-refractivity contribution is 0.440. The first-order valence-electron chi connectivity index (χ1n) is 17.7. The third-order valence-corrected chi connectivity index (χ3v) is 11.5. The Morgan fingerprint density at radius 2 is 1.29 bits per heavy atom. The van der Waals surface area contributed by atoms with Gasteiger partial charge in [0.2, 0.25) is 0 Å². The van der Waals surface area contributed by atoms with Crippen LogP contribution in [0.2, 0.25) is 0 Å². The van der Waals surface area contributed by atoms with Gasteiger partial charge >= 0.3 is 0 Å². The first-order valence-corrected chi connectivity index (χ1v) is 17.7. The summed E-state index contributed by atoms with van der Waals surface area (Å²) in [5.74, 6) is 2.05. The molecule has 2 heterocycles. The maximum absolute atomic E-state index is 5.21. The van der Waals surface area contributed by atoms with Crippen LogP contribution in [0.5, 0.6) is 0 Å². The second kappa shape index (κ2) is 11.2. The van der Waals surface area contributed by atoms with Gasteiger partial charge in [0.15, 0.2) is 5.82 Å². The van der Waals surface area contributed by atoms with Crippen LogP contribution in [0.15, 0.2) is 109 Å². The van der Waals surface area contributed by atoms with Gasteiger partial charge in [-0.1, -0.05) is 85.0 Å². The maximum Gasteiger partial charge on any atom is 0.160 e. The standard InChI is InChI=1S/C45H37N3/c1-2-12-29-26-40-30(25-28(29)11-1)27-41(32-14-4-3-13-31(32)40)39-21-20-37(38-19-9-22-46-44(38)39)42-33-15-5-7-17-35(33)43(45-47-23-10-24-48-45)36-18-8-6-16-34(36)42/h2-5,7,9-10,12-19,22-24,26,28,30H,1,6,8,11,20-21,25,27H2. The second-order valence-corrected chi connectivity index (χ2v) is 14.0. The molecule has 0 saturated carbocycles. The molecule has 232 valence electrons. The Kier molecular flexibility index (Phi) is 6.53. The van der Waals surface area contributed by atoms with Gasteiger partial charge in [-0.3, -0.25) is 4.98 Å². The van der Waals surface area contributed by atoms with Gasteiger partial charge < -0.3 is 0 Å². The molecule has 3 aromatic carbocycles. The Hall–Kier alpha value is -5.15. The molecule has 2 unspecified atom stereocenters. The number of benzene rings is 3. The SMILES string of the molecule is C1=CC2=CC3=c4ccccc4=C(C4=c5ncccc5=C(c5c6c(c(-c7ncccn7)c7ccccc57)=CCCC=6)CC4)CC3CC2CC1. The Balaban J connectivity index is 1.28. The zero-order valence-electron chi connectivity index (χ0n) is 27.1. The van der Waals surface area contributed by atoms with E-state index < -0.39 is 0 Å². The van der Waals surface area contributed by atoms with Crippen molar-refractivity contribution in [2.45, 2.75) is 51.4 Å². The van der Waals surface area contributed by atoms with Crippen LogP contribution in [0.1, 0.15) is 56.9 Å². The molecule has 3 nitrogen and oxygen atoms in total. The van der Waals surface area contributed by atoms with Crippen LogP contribution in [-0.2, 0) is 0 Å². The molecule has 0 fully saturated rings. The molecule has 0 spiro atoms. The monoisotopic (exact) mass is 619 g/mol. The van der Waals surface area contributed by atoms with Crippen molar-refractivity contribution in [2.24, 2.45) is 11.8 Å². The molecule has 0 saturated heterocycles. The molecule has 0 radical (unpaired) electrons. The maximum atomic E-state index is 5.21. The molecule has 2 atom stereocenters. The summed E-state index contributed by atoms with van der Waals surface area (Å²) in [5, 5.41) is 10.4. The van der Waals surface area contributed by atoms with E-state index in [9.17, 15) is 0 Å². The number of pyridine rings is 1. The highest BCUT2D eigenvalue weighted by Crippen LogP contribution is 2.43. The van der Waals surface area contributed by atoms with E-state index in [0.29, 0.717) is 11.8 Å². The molecule has 48 heavy (non-hydrogen) atoms. The van der Waals surface area contributed by atoms with Crippen molar-refractivity contribution in [2.75, 3.05) is 0 Å². The lowest BCUT2D eigenvalue weighted by Gasteiger charge is -2.35. The number of allylic oxidation sites excluding steroid dienone is 4. The van der Waals surface area contributed by atoms with Crippen molar-refractivity contribution in [3.63, 3.8) is 0 Å². The Morgan fingerprint density at radius 1 is 0.583 bits per heavy atom. The van der Waals surface area contributed by atoms with Crippen molar-refractivity contribution in [1.82, 2.24) is 15.0 Å². The zero-order chi connectivity index (χ0) is 31.6. The summed E-state index contributed by atoms with van der Waals surface area (Å²) in [7, 11) is 0. The van der Waals surface area contributed by atoms with E-state index in [1.807, 2.05) is 24.7 Å². The van der Waals surface area contributed by atoms with Gasteiger partial charge in [-0.15, -0.1) is 0 Å². The number of fused-ring (bicyclic) bond motifs is 6. The van der Waals surface area contributed by atoms with Crippen LogP contribution in [0.4, 0.5) is 0 Å². The van der Waals surface area contributed by atoms with Gasteiger partial charge in [0.05, 0.1) is 5.35 Å². The largest absolute Gasteiger partial charge is 0.256 e. The molecule has 0 N–H and O–H groups in total. The summed E-state index contributed by atoms with van der Waals surface area (Å²) < 4.78 is 0. The van der Waals surface area contributed by atoms with E-state index in [2.05, 4.69) is 91.0 Å². The fourth-order valence-electron chi connectivity index (χ4n) is 9.44. The zero-order valence-corrected chi connectivity index (χ0v) is 27.1. The Bertz CT molecular complexity index is 2630. The van der Waals surface area contributed by atoms with E-state index in [1.165, 1.54) is 89.3 Å². The third kappa shape index (κ3) is 4.30. The topological polar surface area (TPSA) is 38.7 Å². The normalized spacial score (nSPS) is 20.9. The molecular formula is C45H37N3. The first kappa shape index (κ1) is 27.9. The number of aromatic nitrogens is 3. The summed E-state index contributed by atoms with van der Waals surface area (Å²) in [4.78, 5) is 14.7. The van der Waals surface area contributed by atoms with Crippen molar-refractivity contribution in [1.29, 1.82) is 0 Å². The number of hydrogen-bond donors (Lipinski definition) is 0. The predicted molar refractivity (Wildman–Crippen MR) is 196 cm³/mol. The highest BCUT2D eigenvalue weighted by molar-refractivity contribution is 6.03. The fourth-order valence-corrected chi connectivity index (χ4v) is 9.44. The number of nitrogens with zero attached hydrogens (tertiary/aromatic N) is 3. The average Bonchev–Trinajstić information content (AvgIpc) is 3.16. The molecule has 5 aromatic rings. The number of hydrogen-bond acceptors (Lipinski definition) is 3. The highest BCUT2D eigenvalue weighted by Gasteiger charge is 2.32. The highest BCUT2D eigenvalue weighted by atomic mass is 14.9. The van der Waals surface area contributed by atoms with E-state index >= 15 is 0 Å². The molecule has 0 bridgehead atoms. The molecule has 5 aliphatic rings. The van der Waals surface area contributed by atoms with Gasteiger partial charge in [0.1, 0.15) is 0 Å². The van der Waals surface area contributed by atoms with Gasteiger partial charge in [-0.25, -0.2) is 9.97 Å². The summed E-state index contributed by atoms with van der Waals surface area (Å²) in [6, 6.07) is 24.4. The molecule has 10 rings (SSSR count). The quantitative estimate of drug-likeness (QED) is 0.268. The van der Waals surface area contributed by atoms with E-state index in [-0.39, 0.29) is 0 Å². The summed E-state index contributed by atoms with van der Waals surface area (Å²) >= 11 is 0. The van der Waals surface area contributed by atoms with Gasteiger partial charge in [-0.05, 0) is 140 Å². The van der Waals surface area contributed by atoms with Crippen molar-refractivity contribution < 1.29 is 0 Å². The van der Waals surface area contributed by atoms with Crippen molar-refractivity contribution in [3.05, 3.63) is 146 Å². The van der Waals surface area contributed by atoms with Crippen LogP contribution in [-0.4, -0.2) is 15.0 Å².